The molecule has 8 nitrogen and oxygen atoms in total. The molecule has 1 aliphatic rings. The molecular formula is C25H26N2O6. The molecule has 3 aromatic rings. The van der Waals surface area contributed by atoms with Gasteiger partial charge in [0.25, 0.3) is 11.7 Å². The molecule has 1 aromatic heterocycles. The van der Waals surface area contributed by atoms with Crippen LogP contribution in [0, 0.1) is 0 Å². The van der Waals surface area contributed by atoms with E-state index in [0.29, 0.717) is 11.5 Å². The number of benzene rings is 2. The van der Waals surface area contributed by atoms with E-state index in [0.717, 1.165) is 16.5 Å². The summed E-state index contributed by atoms with van der Waals surface area (Å²) in [5, 5.41) is 12.3. The molecule has 1 saturated heterocycles. The highest BCUT2D eigenvalue weighted by molar-refractivity contribution is 6.46. The average Bonchev–Trinajstić information content (AvgIpc) is 3.30. The third-order valence-electron chi connectivity index (χ3n) is 5.96. The molecule has 0 bridgehead atoms. The van der Waals surface area contributed by atoms with Crippen LogP contribution in [0.25, 0.3) is 16.7 Å². The predicted octanol–water partition coefficient (Wildman–Crippen LogP) is 3.26. The lowest BCUT2D eigenvalue weighted by Crippen LogP contribution is -2.32. The fourth-order valence-electron chi connectivity index (χ4n) is 4.36. The number of methoxy groups -OCH3 is 3. The zero-order chi connectivity index (χ0) is 23.7. The molecule has 0 spiro atoms. The standard InChI is InChI=1S/C25H26N2O6/c1-26-14-18(16-7-5-6-8-19(16)26)22-21(24(29)25(30)27(22)11-12-31-2)23(28)17-13-15(32-3)9-10-20(17)33-4/h5-10,13-14,22,28H,11-12H2,1-4H3/b23-21+. The Kier molecular flexibility index (Phi) is 6.11. The maximum absolute atomic E-state index is 13.2. The van der Waals surface area contributed by atoms with Gasteiger partial charge in [0.1, 0.15) is 17.3 Å². The Morgan fingerprint density at radius 1 is 1.06 bits per heavy atom. The molecule has 1 unspecified atom stereocenters. The van der Waals surface area contributed by atoms with Crippen molar-refractivity contribution in [2.75, 3.05) is 34.5 Å². The molecule has 1 fully saturated rings. The molecule has 1 amide bonds. The smallest absolute Gasteiger partial charge is 0.295 e. The van der Waals surface area contributed by atoms with Crippen LogP contribution in [0.4, 0.5) is 0 Å². The van der Waals surface area contributed by atoms with Crippen molar-refractivity contribution in [1.29, 1.82) is 0 Å². The summed E-state index contributed by atoms with van der Waals surface area (Å²) in [5.74, 6) is -0.928. The van der Waals surface area contributed by atoms with E-state index in [9.17, 15) is 14.7 Å². The second-order valence-electron chi connectivity index (χ2n) is 7.76. The van der Waals surface area contributed by atoms with Crippen LogP contribution in [0.3, 0.4) is 0 Å². The Balaban J connectivity index is 1.99. The van der Waals surface area contributed by atoms with E-state index in [1.165, 1.54) is 26.2 Å². The van der Waals surface area contributed by atoms with Crippen LogP contribution in [0.1, 0.15) is 17.2 Å². The molecule has 1 N–H and O–H groups in total. The second kappa shape index (κ2) is 8.99. The first-order valence-electron chi connectivity index (χ1n) is 10.5. The molecular weight excluding hydrogens is 424 g/mol. The van der Waals surface area contributed by atoms with Gasteiger partial charge in [0, 0.05) is 43.4 Å². The molecule has 1 atom stereocenters. The monoisotopic (exact) mass is 450 g/mol. The van der Waals surface area contributed by atoms with Crippen molar-refractivity contribution in [3.8, 4) is 11.5 Å². The number of fused-ring (bicyclic) bond motifs is 1. The number of hydrogen-bond acceptors (Lipinski definition) is 6. The van der Waals surface area contributed by atoms with Crippen LogP contribution >= 0.6 is 0 Å². The van der Waals surface area contributed by atoms with E-state index in [-0.39, 0.29) is 30.0 Å². The van der Waals surface area contributed by atoms with Gasteiger partial charge in [-0.1, -0.05) is 18.2 Å². The first-order chi connectivity index (χ1) is 15.9. The number of aromatic nitrogens is 1. The van der Waals surface area contributed by atoms with Crippen molar-refractivity contribution >= 4 is 28.4 Å². The number of rotatable bonds is 7. The van der Waals surface area contributed by atoms with Gasteiger partial charge in [-0.3, -0.25) is 9.59 Å². The number of amides is 1. The summed E-state index contributed by atoms with van der Waals surface area (Å²) in [6.45, 7) is 0.442. The minimum absolute atomic E-state index is 0.000917. The van der Waals surface area contributed by atoms with Gasteiger partial charge in [-0.25, -0.2) is 0 Å². The Labute approximate surface area is 191 Å². The highest BCUT2D eigenvalue weighted by Gasteiger charge is 2.47. The van der Waals surface area contributed by atoms with Crippen LogP contribution in [0.15, 0.2) is 54.2 Å². The van der Waals surface area contributed by atoms with Gasteiger partial charge in [0.15, 0.2) is 0 Å². The normalized spacial score (nSPS) is 17.7. The van der Waals surface area contributed by atoms with Gasteiger partial charge >= 0.3 is 0 Å². The van der Waals surface area contributed by atoms with Crippen molar-refractivity contribution in [1.82, 2.24) is 9.47 Å². The van der Waals surface area contributed by atoms with Crippen molar-refractivity contribution in [2.45, 2.75) is 6.04 Å². The Hall–Kier alpha value is -3.78. The number of aliphatic hydroxyl groups is 1. The van der Waals surface area contributed by atoms with Gasteiger partial charge in [-0.2, -0.15) is 0 Å². The van der Waals surface area contributed by atoms with Crippen LogP contribution in [-0.2, 0) is 21.4 Å². The molecule has 172 valence electrons. The number of para-hydroxylation sites is 1. The third-order valence-corrected chi connectivity index (χ3v) is 5.96. The molecule has 0 saturated carbocycles. The molecule has 1 aliphatic heterocycles. The number of ketones is 1. The van der Waals surface area contributed by atoms with Crippen LogP contribution in [0.2, 0.25) is 0 Å². The second-order valence-corrected chi connectivity index (χ2v) is 7.76. The zero-order valence-electron chi connectivity index (χ0n) is 19.0. The number of nitrogens with zero attached hydrogens (tertiary/aromatic N) is 2. The molecule has 2 aromatic carbocycles. The zero-order valence-corrected chi connectivity index (χ0v) is 19.0. The quantitative estimate of drug-likeness (QED) is 0.338. The van der Waals surface area contributed by atoms with Crippen molar-refractivity contribution in [2.24, 2.45) is 7.05 Å². The predicted molar refractivity (Wildman–Crippen MR) is 123 cm³/mol. The minimum atomic E-state index is -0.790. The number of ether oxygens (including phenoxy) is 3. The highest BCUT2D eigenvalue weighted by atomic mass is 16.5. The number of carbonyl (C=O) groups is 2. The maximum Gasteiger partial charge on any atom is 0.295 e. The third kappa shape index (κ3) is 3.72. The van der Waals surface area contributed by atoms with E-state index in [1.807, 2.05) is 42.1 Å². The van der Waals surface area contributed by atoms with E-state index < -0.39 is 17.7 Å². The Morgan fingerprint density at radius 2 is 1.82 bits per heavy atom. The lowest BCUT2D eigenvalue weighted by molar-refractivity contribution is -0.140. The highest BCUT2D eigenvalue weighted by Crippen LogP contribution is 2.43. The Bertz CT molecular complexity index is 1260. The topological polar surface area (TPSA) is 90.2 Å². The van der Waals surface area contributed by atoms with Crippen LogP contribution in [-0.4, -0.2) is 60.7 Å². The number of aliphatic hydroxyl groups excluding tert-OH is 1. The molecule has 4 rings (SSSR count). The lowest BCUT2D eigenvalue weighted by Gasteiger charge is -2.24. The van der Waals surface area contributed by atoms with E-state index in [1.54, 1.807) is 18.2 Å². The SMILES string of the molecule is COCCN1C(=O)C(=O)/C(=C(/O)c2cc(OC)ccc2OC)C1c1cn(C)c2ccccc12. The fourth-order valence-corrected chi connectivity index (χ4v) is 4.36. The van der Waals surface area contributed by atoms with Crippen molar-refractivity contribution in [3.05, 3.63) is 65.4 Å². The maximum atomic E-state index is 13.2. The van der Waals surface area contributed by atoms with E-state index >= 15 is 0 Å². The summed E-state index contributed by atoms with van der Waals surface area (Å²) >= 11 is 0. The summed E-state index contributed by atoms with van der Waals surface area (Å²) in [6.07, 6.45) is 1.89. The first-order valence-corrected chi connectivity index (χ1v) is 10.5. The lowest BCUT2D eigenvalue weighted by atomic mass is 9.94. The van der Waals surface area contributed by atoms with Gasteiger partial charge in [-0.15, -0.1) is 0 Å². The van der Waals surface area contributed by atoms with Crippen LogP contribution in [0.5, 0.6) is 11.5 Å². The van der Waals surface area contributed by atoms with E-state index in [4.69, 9.17) is 14.2 Å². The minimum Gasteiger partial charge on any atom is -0.507 e. The summed E-state index contributed by atoms with van der Waals surface area (Å²) < 4.78 is 17.8. The van der Waals surface area contributed by atoms with Gasteiger partial charge in [0.2, 0.25) is 0 Å². The van der Waals surface area contributed by atoms with Gasteiger partial charge < -0.3 is 28.8 Å². The number of carbonyl (C=O) groups excluding carboxylic acids is 2. The van der Waals surface area contributed by atoms with Crippen molar-refractivity contribution in [3.63, 3.8) is 0 Å². The Morgan fingerprint density at radius 3 is 2.52 bits per heavy atom. The largest absolute Gasteiger partial charge is 0.507 e. The average molecular weight is 450 g/mol. The molecule has 0 radical (unpaired) electrons. The number of aryl methyl sites for hydroxylation is 1. The van der Waals surface area contributed by atoms with Crippen LogP contribution < -0.4 is 9.47 Å². The van der Waals surface area contributed by atoms with Gasteiger partial charge in [0.05, 0.1) is 38.0 Å². The summed E-state index contributed by atoms with van der Waals surface area (Å²) in [5.41, 5.74) is 1.96. The van der Waals surface area contributed by atoms with Crippen molar-refractivity contribution < 1.29 is 28.9 Å². The van der Waals surface area contributed by atoms with Gasteiger partial charge in [-0.05, 0) is 24.3 Å². The number of hydrogen-bond donors (Lipinski definition) is 1. The fraction of sp³-hybridized carbons (Fsp3) is 0.280. The molecule has 0 aliphatic carbocycles. The number of Topliss-reactive ketones (excluding diaryl/α,β-unsaturated/α-hetero) is 1. The summed E-state index contributed by atoms with van der Waals surface area (Å²) in [4.78, 5) is 27.8. The first kappa shape index (κ1) is 22.4. The summed E-state index contributed by atoms with van der Waals surface area (Å²) in [7, 11) is 6.41. The molecule has 2 heterocycles. The number of likely N-dealkylation sites (tertiary alicyclic amines) is 1. The van der Waals surface area contributed by atoms with E-state index in [2.05, 4.69) is 0 Å². The molecule has 33 heavy (non-hydrogen) atoms. The summed E-state index contributed by atoms with van der Waals surface area (Å²) in [6, 6.07) is 11.8. The molecule has 8 heteroatoms.